The molecule has 2 aromatic rings. The fourth-order valence-corrected chi connectivity index (χ4v) is 2.75. The first-order valence-corrected chi connectivity index (χ1v) is 8.17. The highest BCUT2D eigenvalue weighted by Crippen LogP contribution is 2.24. The molecular formula is C16H17BrN4O2. The van der Waals surface area contributed by atoms with Crippen molar-refractivity contribution in [3.63, 3.8) is 0 Å². The van der Waals surface area contributed by atoms with Crippen LogP contribution in [0.2, 0.25) is 0 Å². The molecular weight excluding hydrogens is 360 g/mol. The van der Waals surface area contributed by atoms with E-state index in [4.69, 9.17) is 4.74 Å². The summed E-state index contributed by atoms with van der Waals surface area (Å²) >= 11 is 3.49. The zero-order chi connectivity index (χ0) is 16.2. The van der Waals surface area contributed by atoms with Crippen molar-refractivity contribution in [3.8, 4) is 0 Å². The average Bonchev–Trinajstić information content (AvgIpc) is 2.56. The number of para-hydroxylation sites is 1. The minimum atomic E-state index is -0.0889. The molecule has 23 heavy (non-hydrogen) atoms. The molecule has 6 nitrogen and oxygen atoms in total. The van der Waals surface area contributed by atoms with Gasteiger partial charge in [-0.2, -0.15) is 0 Å². The fourth-order valence-electron chi connectivity index (χ4n) is 2.37. The number of aryl methyl sites for hydroxylation is 1. The molecule has 0 unspecified atom stereocenters. The quantitative estimate of drug-likeness (QED) is 0.891. The summed E-state index contributed by atoms with van der Waals surface area (Å²) in [5, 5.41) is 3.22. The lowest BCUT2D eigenvalue weighted by atomic mass is 10.3. The van der Waals surface area contributed by atoms with Gasteiger partial charge in [0.05, 0.1) is 18.9 Å². The van der Waals surface area contributed by atoms with E-state index in [1.54, 1.807) is 17.9 Å². The van der Waals surface area contributed by atoms with Crippen molar-refractivity contribution >= 4 is 33.3 Å². The third kappa shape index (κ3) is 3.86. The Morgan fingerprint density at radius 2 is 2.00 bits per heavy atom. The number of rotatable bonds is 3. The van der Waals surface area contributed by atoms with Crippen molar-refractivity contribution in [1.29, 1.82) is 0 Å². The molecule has 2 heterocycles. The molecule has 0 saturated carbocycles. The highest BCUT2D eigenvalue weighted by molar-refractivity contribution is 9.10. The number of carbonyl (C=O) groups is 1. The molecule has 1 aromatic carbocycles. The number of ether oxygens (including phenoxy) is 1. The predicted octanol–water partition coefficient (Wildman–Crippen LogP) is 2.76. The lowest BCUT2D eigenvalue weighted by Crippen LogP contribution is -2.41. The van der Waals surface area contributed by atoms with Crippen molar-refractivity contribution in [1.82, 2.24) is 14.9 Å². The number of benzene rings is 1. The molecule has 3 rings (SSSR count). The van der Waals surface area contributed by atoms with Crippen LogP contribution >= 0.6 is 15.9 Å². The summed E-state index contributed by atoms with van der Waals surface area (Å²) in [5.41, 5.74) is 1.28. The molecule has 0 bridgehead atoms. The van der Waals surface area contributed by atoms with E-state index in [0.29, 0.717) is 43.6 Å². The fraction of sp³-hybridized carbons (Fsp3) is 0.312. The standard InChI is InChI=1S/C16H17BrN4O2/c1-11-18-14(16(22)21-6-8-23-9-7-21)10-15(19-11)20-13-5-3-2-4-12(13)17/h2-5,10H,6-9H2,1H3,(H,18,19,20). The van der Waals surface area contributed by atoms with Crippen LogP contribution in [0.4, 0.5) is 11.5 Å². The molecule has 0 aliphatic carbocycles. The molecule has 7 heteroatoms. The van der Waals surface area contributed by atoms with Crippen LogP contribution in [-0.2, 0) is 4.74 Å². The predicted molar refractivity (Wildman–Crippen MR) is 90.9 cm³/mol. The summed E-state index contributed by atoms with van der Waals surface area (Å²) < 4.78 is 6.21. The number of morpholine rings is 1. The Hall–Kier alpha value is -1.99. The first kappa shape index (κ1) is 15.9. The highest BCUT2D eigenvalue weighted by Gasteiger charge is 2.20. The minimum Gasteiger partial charge on any atom is -0.378 e. The first-order chi connectivity index (χ1) is 11.1. The molecule has 0 radical (unpaired) electrons. The highest BCUT2D eigenvalue weighted by atomic mass is 79.9. The maximum Gasteiger partial charge on any atom is 0.272 e. The van der Waals surface area contributed by atoms with Crippen LogP contribution in [0.1, 0.15) is 16.3 Å². The Labute approximate surface area is 143 Å². The summed E-state index contributed by atoms with van der Waals surface area (Å²) in [5.74, 6) is 1.06. The second-order valence-electron chi connectivity index (χ2n) is 5.20. The van der Waals surface area contributed by atoms with Gasteiger partial charge in [0.15, 0.2) is 0 Å². The van der Waals surface area contributed by atoms with Gasteiger partial charge in [-0.25, -0.2) is 9.97 Å². The molecule has 1 saturated heterocycles. The van der Waals surface area contributed by atoms with Crippen LogP contribution in [0.15, 0.2) is 34.8 Å². The maximum absolute atomic E-state index is 12.6. The third-order valence-corrected chi connectivity index (χ3v) is 4.18. The van der Waals surface area contributed by atoms with Crippen molar-refractivity contribution < 1.29 is 9.53 Å². The van der Waals surface area contributed by atoms with Crippen molar-refractivity contribution in [3.05, 3.63) is 46.3 Å². The van der Waals surface area contributed by atoms with Crippen LogP contribution in [0, 0.1) is 6.92 Å². The van der Waals surface area contributed by atoms with Gasteiger partial charge in [0, 0.05) is 23.6 Å². The Balaban J connectivity index is 1.84. The van der Waals surface area contributed by atoms with E-state index in [-0.39, 0.29) is 5.91 Å². The van der Waals surface area contributed by atoms with Gasteiger partial charge in [-0.15, -0.1) is 0 Å². The Bertz CT molecular complexity index is 717. The second kappa shape index (κ2) is 7.06. The van der Waals surface area contributed by atoms with E-state index in [1.165, 1.54) is 0 Å². The van der Waals surface area contributed by atoms with Gasteiger partial charge < -0.3 is 15.0 Å². The van der Waals surface area contributed by atoms with Gasteiger partial charge in [0.1, 0.15) is 17.3 Å². The number of carbonyl (C=O) groups excluding carboxylic acids is 1. The summed E-state index contributed by atoms with van der Waals surface area (Å²) in [7, 11) is 0. The number of anilines is 2. The lowest BCUT2D eigenvalue weighted by molar-refractivity contribution is 0.0299. The normalized spacial score (nSPS) is 14.6. The number of hydrogen-bond donors (Lipinski definition) is 1. The van der Waals surface area contributed by atoms with E-state index in [9.17, 15) is 4.79 Å². The Kier molecular flexibility index (Phi) is 4.88. The van der Waals surface area contributed by atoms with Crippen LogP contribution in [0.3, 0.4) is 0 Å². The summed E-state index contributed by atoms with van der Waals surface area (Å²) in [6.45, 7) is 4.10. The first-order valence-electron chi connectivity index (χ1n) is 7.38. The Morgan fingerprint density at radius 3 is 2.74 bits per heavy atom. The molecule has 1 aromatic heterocycles. The van der Waals surface area contributed by atoms with Gasteiger partial charge in [-0.05, 0) is 35.0 Å². The van der Waals surface area contributed by atoms with E-state index in [0.717, 1.165) is 10.2 Å². The van der Waals surface area contributed by atoms with Gasteiger partial charge in [0.25, 0.3) is 5.91 Å². The molecule has 0 spiro atoms. The molecule has 1 fully saturated rings. The van der Waals surface area contributed by atoms with Crippen LogP contribution in [0.25, 0.3) is 0 Å². The molecule has 120 valence electrons. The number of hydrogen-bond acceptors (Lipinski definition) is 5. The number of halogens is 1. The van der Waals surface area contributed by atoms with Gasteiger partial charge in [-0.1, -0.05) is 12.1 Å². The zero-order valence-corrected chi connectivity index (χ0v) is 14.3. The molecule has 1 aliphatic rings. The number of nitrogens with zero attached hydrogens (tertiary/aromatic N) is 3. The summed E-state index contributed by atoms with van der Waals surface area (Å²) in [6.07, 6.45) is 0. The molecule has 1 aliphatic heterocycles. The molecule has 1 amide bonds. The third-order valence-electron chi connectivity index (χ3n) is 3.49. The second-order valence-corrected chi connectivity index (χ2v) is 6.05. The van der Waals surface area contributed by atoms with Crippen LogP contribution < -0.4 is 5.32 Å². The SMILES string of the molecule is Cc1nc(Nc2ccccc2Br)cc(C(=O)N2CCOCC2)n1. The number of nitrogens with one attached hydrogen (secondary N) is 1. The molecule has 0 atom stereocenters. The topological polar surface area (TPSA) is 67.4 Å². The van der Waals surface area contributed by atoms with Gasteiger partial charge in [0.2, 0.25) is 0 Å². The van der Waals surface area contributed by atoms with E-state index in [2.05, 4.69) is 31.2 Å². The van der Waals surface area contributed by atoms with Gasteiger partial charge >= 0.3 is 0 Å². The largest absolute Gasteiger partial charge is 0.378 e. The summed E-state index contributed by atoms with van der Waals surface area (Å²) in [6, 6.07) is 9.43. The van der Waals surface area contributed by atoms with Crippen LogP contribution in [-0.4, -0.2) is 47.1 Å². The maximum atomic E-state index is 12.6. The smallest absolute Gasteiger partial charge is 0.272 e. The van der Waals surface area contributed by atoms with Crippen molar-refractivity contribution in [2.75, 3.05) is 31.6 Å². The van der Waals surface area contributed by atoms with E-state index < -0.39 is 0 Å². The number of amides is 1. The molecule has 1 N–H and O–H groups in total. The Morgan fingerprint density at radius 1 is 1.26 bits per heavy atom. The minimum absolute atomic E-state index is 0.0889. The van der Waals surface area contributed by atoms with Crippen molar-refractivity contribution in [2.45, 2.75) is 6.92 Å². The average molecular weight is 377 g/mol. The van der Waals surface area contributed by atoms with E-state index in [1.807, 2.05) is 24.3 Å². The van der Waals surface area contributed by atoms with E-state index >= 15 is 0 Å². The number of aromatic nitrogens is 2. The van der Waals surface area contributed by atoms with Gasteiger partial charge in [-0.3, -0.25) is 4.79 Å². The van der Waals surface area contributed by atoms with Crippen molar-refractivity contribution in [2.24, 2.45) is 0 Å². The summed E-state index contributed by atoms with van der Waals surface area (Å²) in [4.78, 5) is 23.0. The monoisotopic (exact) mass is 376 g/mol. The zero-order valence-electron chi connectivity index (χ0n) is 12.8. The van der Waals surface area contributed by atoms with Crippen LogP contribution in [0.5, 0.6) is 0 Å². The lowest BCUT2D eigenvalue weighted by Gasteiger charge is -2.26.